The largest absolute Gasteiger partial charge is 0.454 e. The molecule has 4 heteroatoms. The minimum atomic E-state index is 0.324. The standard InChI is InChI=1S/C19H30O4/c1-2-11-20-12-7-5-3-4-6-8-13-21-15-17-9-10-18-19(14-17)23-16-22-18/h9-10,14H,2-8,11-13,15-16H2,1H3. The molecule has 0 saturated carbocycles. The summed E-state index contributed by atoms with van der Waals surface area (Å²) in [5.74, 6) is 1.66. The Morgan fingerprint density at radius 3 is 2.30 bits per heavy atom. The molecule has 0 N–H and O–H groups in total. The third kappa shape index (κ3) is 7.23. The van der Waals surface area contributed by atoms with Crippen LogP contribution >= 0.6 is 0 Å². The maximum absolute atomic E-state index is 5.74. The van der Waals surface area contributed by atoms with Crippen LogP contribution in [0.1, 0.15) is 57.4 Å². The Kier molecular flexibility index (Phi) is 8.89. The molecular formula is C19H30O4. The predicted molar refractivity (Wildman–Crippen MR) is 91.0 cm³/mol. The Morgan fingerprint density at radius 1 is 0.826 bits per heavy atom. The van der Waals surface area contributed by atoms with Crippen LogP contribution in [0.3, 0.4) is 0 Å². The molecule has 4 nitrogen and oxygen atoms in total. The fourth-order valence-corrected chi connectivity index (χ4v) is 2.58. The second-order valence-corrected chi connectivity index (χ2v) is 5.97. The molecular weight excluding hydrogens is 292 g/mol. The highest BCUT2D eigenvalue weighted by Gasteiger charge is 2.12. The highest BCUT2D eigenvalue weighted by Crippen LogP contribution is 2.32. The molecule has 0 atom stereocenters. The number of rotatable bonds is 13. The zero-order valence-corrected chi connectivity index (χ0v) is 14.4. The highest BCUT2D eigenvalue weighted by molar-refractivity contribution is 5.44. The fourth-order valence-electron chi connectivity index (χ4n) is 2.58. The Balaban J connectivity index is 1.40. The van der Waals surface area contributed by atoms with E-state index in [1.54, 1.807) is 0 Å². The summed E-state index contributed by atoms with van der Waals surface area (Å²) in [4.78, 5) is 0. The van der Waals surface area contributed by atoms with Crippen LogP contribution in [0.15, 0.2) is 18.2 Å². The van der Waals surface area contributed by atoms with Gasteiger partial charge in [0.05, 0.1) is 6.61 Å². The molecule has 1 heterocycles. The average Bonchev–Trinajstić information content (AvgIpc) is 3.03. The van der Waals surface area contributed by atoms with Gasteiger partial charge in [0.25, 0.3) is 0 Å². The van der Waals surface area contributed by atoms with Gasteiger partial charge in [-0.3, -0.25) is 0 Å². The second kappa shape index (κ2) is 11.3. The first-order chi connectivity index (χ1) is 11.4. The van der Waals surface area contributed by atoms with Gasteiger partial charge in [-0.15, -0.1) is 0 Å². The minimum Gasteiger partial charge on any atom is -0.454 e. The Morgan fingerprint density at radius 2 is 1.52 bits per heavy atom. The van der Waals surface area contributed by atoms with Crippen molar-refractivity contribution in [1.82, 2.24) is 0 Å². The summed E-state index contributed by atoms with van der Waals surface area (Å²) in [6.45, 7) is 5.77. The molecule has 1 aromatic rings. The van der Waals surface area contributed by atoms with Gasteiger partial charge < -0.3 is 18.9 Å². The Bertz CT molecular complexity index is 433. The van der Waals surface area contributed by atoms with Gasteiger partial charge in [0.2, 0.25) is 6.79 Å². The van der Waals surface area contributed by atoms with E-state index in [1.807, 2.05) is 18.2 Å². The lowest BCUT2D eigenvalue weighted by Gasteiger charge is -2.06. The lowest BCUT2D eigenvalue weighted by molar-refractivity contribution is 0.116. The summed E-state index contributed by atoms with van der Waals surface area (Å²) in [5, 5.41) is 0. The minimum absolute atomic E-state index is 0.324. The van der Waals surface area contributed by atoms with Crippen molar-refractivity contribution in [3.63, 3.8) is 0 Å². The van der Waals surface area contributed by atoms with Crippen LogP contribution in [0.2, 0.25) is 0 Å². The van der Waals surface area contributed by atoms with Crippen LogP contribution < -0.4 is 9.47 Å². The summed E-state index contributed by atoms with van der Waals surface area (Å²) < 4.78 is 21.9. The molecule has 2 rings (SSSR count). The molecule has 0 unspecified atom stereocenters. The van der Waals surface area contributed by atoms with E-state index in [0.717, 1.165) is 49.7 Å². The lowest BCUT2D eigenvalue weighted by Crippen LogP contribution is -1.97. The van der Waals surface area contributed by atoms with Gasteiger partial charge in [-0.2, -0.15) is 0 Å². The first-order valence-corrected chi connectivity index (χ1v) is 8.94. The maximum atomic E-state index is 5.74. The molecule has 1 aliphatic heterocycles. The molecule has 0 fully saturated rings. The summed E-state index contributed by atoms with van der Waals surface area (Å²) in [5.41, 5.74) is 1.14. The summed E-state index contributed by atoms with van der Waals surface area (Å²) >= 11 is 0. The fraction of sp³-hybridized carbons (Fsp3) is 0.684. The van der Waals surface area contributed by atoms with Crippen LogP contribution in [-0.2, 0) is 16.1 Å². The third-order valence-corrected chi connectivity index (χ3v) is 3.88. The van der Waals surface area contributed by atoms with Gasteiger partial charge in [-0.25, -0.2) is 0 Å². The number of unbranched alkanes of at least 4 members (excludes halogenated alkanes) is 5. The van der Waals surface area contributed by atoms with Gasteiger partial charge in [0.15, 0.2) is 11.5 Å². The third-order valence-electron chi connectivity index (χ3n) is 3.88. The zero-order valence-electron chi connectivity index (χ0n) is 14.4. The molecule has 0 aromatic heterocycles. The molecule has 130 valence electrons. The number of benzene rings is 1. The maximum Gasteiger partial charge on any atom is 0.231 e. The molecule has 23 heavy (non-hydrogen) atoms. The van der Waals surface area contributed by atoms with Crippen LogP contribution in [-0.4, -0.2) is 26.6 Å². The van der Waals surface area contributed by atoms with Gasteiger partial charge in [0, 0.05) is 19.8 Å². The monoisotopic (exact) mass is 322 g/mol. The van der Waals surface area contributed by atoms with Gasteiger partial charge in [-0.05, 0) is 37.0 Å². The molecule has 1 aromatic carbocycles. The van der Waals surface area contributed by atoms with Gasteiger partial charge in [0.1, 0.15) is 0 Å². The van der Waals surface area contributed by atoms with E-state index < -0.39 is 0 Å². The van der Waals surface area contributed by atoms with E-state index in [9.17, 15) is 0 Å². The summed E-state index contributed by atoms with van der Waals surface area (Å²) in [7, 11) is 0. The Labute approximate surface area is 140 Å². The van der Waals surface area contributed by atoms with Gasteiger partial charge in [-0.1, -0.05) is 38.7 Å². The number of fused-ring (bicyclic) bond motifs is 1. The van der Waals surface area contributed by atoms with E-state index >= 15 is 0 Å². The van der Waals surface area contributed by atoms with Crippen molar-refractivity contribution < 1.29 is 18.9 Å². The van der Waals surface area contributed by atoms with Crippen molar-refractivity contribution in [3.8, 4) is 11.5 Å². The number of ether oxygens (including phenoxy) is 4. The molecule has 0 spiro atoms. The Hall–Kier alpha value is -1.26. The normalized spacial score (nSPS) is 12.7. The van der Waals surface area contributed by atoms with Crippen molar-refractivity contribution >= 4 is 0 Å². The van der Waals surface area contributed by atoms with Crippen molar-refractivity contribution in [2.24, 2.45) is 0 Å². The average molecular weight is 322 g/mol. The summed E-state index contributed by atoms with van der Waals surface area (Å²) in [6.07, 6.45) is 8.57. The van der Waals surface area contributed by atoms with E-state index in [1.165, 1.54) is 32.1 Å². The highest BCUT2D eigenvalue weighted by atomic mass is 16.7. The second-order valence-electron chi connectivity index (χ2n) is 5.97. The van der Waals surface area contributed by atoms with E-state index in [2.05, 4.69) is 6.92 Å². The SMILES string of the molecule is CCCOCCCCCCCCOCc1ccc2c(c1)OCO2. The molecule has 0 aliphatic carbocycles. The molecule has 0 amide bonds. The van der Waals surface area contributed by atoms with Crippen LogP contribution in [0.25, 0.3) is 0 Å². The first kappa shape index (κ1) is 18.1. The molecule has 0 radical (unpaired) electrons. The number of hydrogen-bond acceptors (Lipinski definition) is 4. The van der Waals surface area contributed by atoms with Crippen molar-refractivity contribution in [3.05, 3.63) is 23.8 Å². The van der Waals surface area contributed by atoms with Crippen molar-refractivity contribution in [1.29, 1.82) is 0 Å². The first-order valence-electron chi connectivity index (χ1n) is 8.94. The molecule has 0 bridgehead atoms. The zero-order chi connectivity index (χ0) is 16.2. The topological polar surface area (TPSA) is 36.9 Å². The predicted octanol–water partition coefficient (Wildman–Crippen LogP) is 4.70. The van der Waals surface area contributed by atoms with E-state index in [4.69, 9.17) is 18.9 Å². The lowest BCUT2D eigenvalue weighted by atomic mass is 10.1. The molecule has 1 aliphatic rings. The summed E-state index contributed by atoms with van der Waals surface area (Å²) in [6, 6.07) is 5.99. The van der Waals surface area contributed by atoms with Crippen molar-refractivity contribution in [2.75, 3.05) is 26.6 Å². The van der Waals surface area contributed by atoms with Gasteiger partial charge >= 0.3 is 0 Å². The molecule has 0 saturated heterocycles. The smallest absolute Gasteiger partial charge is 0.231 e. The quantitative estimate of drug-likeness (QED) is 0.493. The van der Waals surface area contributed by atoms with Crippen LogP contribution in [0.5, 0.6) is 11.5 Å². The van der Waals surface area contributed by atoms with Crippen LogP contribution in [0.4, 0.5) is 0 Å². The number of hydrogen-bond donors (Lipinski definition) is 0. The van der Waals surface area contributed by atoms with E-state index in [0.29, 0.717) is 13.4 Å². The van der Waals surface area contributed by atoms with Crippen molar-refractivity contribution in [2.45, 2.75) is 58.5 Å². The van der Waals surface area contributed by atoms with E-state index in [-0.39, 0.29) is 0 Å². The van der Waals surface area contributed by atoms with Crippen LogP contribution in [0, 0.1) is 0 Å².